The van der Waals surface area contributed by atoms with Gasteiger partial charge in [-0.2, -0.15) is 0 Å². The third-order valence-electron chi connectivity index (χ3n) is 6.84. The lowest BCUT2D eigenvalue weighted by molar-refractivity contribution is -0.144. The topological polar surface area (TPSA) is 81.8 Å². The number of hydrogen-bond donors (Lipinski definition) is 2. The number of halogens is 1. The number of carbonyl (C=O) groups excluding carboxylic acids is 3. The maximum atomic E-state index is 13.8. The van der Waals surface area contributed by atoms with E-state index in [1.165, 1.54) is 37.8 Å². The van der Waals surface area contributed by atoms with E-state index >= 15 is 0 Å². The third-order valence-corrected chi connectivity index (χ3v) is 6.84. The van der Waals surface area contributed by atoms with Gasteiger partial charge in [0.15, 0.2) is 0 Å². The van der Waals surface area contributed by atoms with Crippen LogP contribution >= 0.6 is 0 Å². The van der Waals surface area contributed by atoms with E-state index in [0.717, 1.165) is 6.42 Å². The van der Waals surface area contributed by atoms with Crippen LogP contribution in [0.3, 0.4) is 0 Å². The van der Waals surface area contributed by atoms with Gasteiger partial charge >= 0.3 is 6.03 Å². The number of para-hydroxylation sites is 1. The Morgan fingerprint density at radius 1 is 1.12 bits per heavy atom. The van der Waals surface area contributed by atoms with Crippen molar-refractivity contribution in [2.45, 2.75) is 71.4 Å². The Morgan fingerprint density at radius 3 is 2.45 bits per heavy atom. The zero-order valence-corrected chi connectivity index (χ0v) is 20.0. The molecule has 0 spiro atoms. The average Bonchev–Trinajstić information content (AvgIpc) is 3.30. The summed E-state index contributed by atoms with van der Waals surface area (Å²) in [6.45, 7) is 7.07. The highest BCUT2D eigenvalue weighted by atomic mass is 19.1. The van der Waals surface area contributed by atoms with Crippen LogP contribution in [0.2, 0.25) is 0 Å². The first kappa shape index (κ1) is 25.0. The number of carbonyl (C=O) groups is 3. The van der Waals surface area contributed by atoms with Gasteiger partial charge in [0, 0.05) is 32.1 Å². The summed E-state index contributed by atoms with van der Waals surface area (Å²) in [5.41, 5.74) is 0.0586. The monoisotopic (exact) mass is 460 g/mol. The van der Waals surface area contributed by atoms with Crippen molar-refractivity contribution in [2.24, 2.45) is 11.8 Å². The molecular formula is C25H37FN4O3. The molecule has 2 aliphatic rings. The lowest BCUT2D eigenvalue weighted by Crippen LogP contribution is -2.60. The number of amides is 4. The molecule has 1 aliphatic heterocycles. The molecule has 0 bridgehead atoms. The molecule has 1 aliphatic carbocycles. The largest absolute Gasteiger partial charge is 0.337 e. The SMILES string of the molecule is CC(C)C(NC(=O)Nc1ccccc1F)C(=O)N1CCN(C(=O)CCC2CCCC2)C(C)C1. The second-order valence-electron chi connectivity index (χ2n) is 9.71. The normalized spacial score (nSPS) is 20.1. The molecule has 2 N–H and O–H groups in total. The predicted molar refractivity (Wildman–Crippen MR) is 126 cm³/mol. The molecule has 2 atom stereocenters. The van der Waals surface area contributed by atoms with Crippen LogP contribution in [0.15, 0.2) is 24.3 Å². The summed E-state index contributed by atoms with van der Waals surface area (Å²) >= 11 is 0. The zero-order valence-electron chi connectivity index (χ0n) is 20.0. The standard InChI is InChI=1S/C25H37FN4O3/c1-17(2)23(28-25(33)27-21-11-7-6-10-20(21)26)24(32)29-14-15-30(18(3)16-29)22(31)13-12-19-8-4-5-9-19/h6-7,10-11,17-19,23H,4-5,8-9,12-16H2,1-3H3,(H2,27,28,33). The van der Waals surface area contributed by atoms with Gasteiger partial charge in [-0.1, -0.05) is 51.7 Å². The number of benzene rings is 1. The van der Waals surface area contributed by atoms with E-state index in [4.69, 9.17) is 0 Å². The number of anilines is 1. The van der Waals surface area contributed by atoms with Crippen molar-refractivity contribution >= 4 is 23.5 Å². The smallest absolute Gasteiger partial charge is 0.319 e. The molecule has 3 rings (SSSR count). The van der Waals surface area contributed by atoms with Crippen LogP contribution in [0, 0.1) is 17.7 Å². The minimum absolute atomic E-state index is 0.0586. The van der Waals surface area contributed by atoms with Crippen LogP contribution in [-0.4, -0.2) is 59.4 Å². The Balaban J connectivity index is 1.53. The highest BCUT2D eigenvalue weighted by Gasteiger charge is 2.34. The fourth-order valence-electron chi connectivity index (χ4n) is 4.87. The van der Waals surface area contributed by atoms with Gasteiger partial charge in [-0.05, 0) is 37.3 Å². The fraction of sp³-hybridized carbons (Fsp3) is 0.640. The number of urea groups is 1. The Morgan fingerprint density at radius 2 is 1.82 bits per heavy atom. The summed E-state index contributed by atoms with van der Waals surface area (Å²) in [6.07, 6.45) is 6.56. The second kappa shape index (κ2) is 11.5. The Labute approximate surface area is 196 Å². The van der Waals surface area contributed by atoms with Crippen molar-refractivity contribution in [3.63, 3.8) is 0 Å². The molecule has 7 nitrogen and oxygen atoms in total. The molecule has 0 radical (unpaired) electrons. The van der Waals surface area contributed by atoms with Gasteiger partial charge in [0.1, 0.15) is 11.9 Å². The van der Waals surface area contributed by atoms with Gasteiger partial charge in [0.05, 0.1) is 5.69 Å². The van der Waals surface area contributed by atoms with E-state index in [2.05, 4.69) is 10.6 Å². The van der Waals surface area contributed by atoms with Crippen molar-refractivity contribution < 1.29 is 18.8 Å². The molecule has 33 heavy (non-hydrogen) atoms. The maximum Gasteiger partial charge on any atom is 0.319 e. The molecule has 0 aromatic heterocycles. The van der Waals surface area contributed by atoms with Crippen molar-refractivity contribution in [1.82, 2.24) is 15.1 Å². The lowest BCUT2D eigenvalue weighted by atomic mass is 10.00. The number of hydrogen-bond acceptors (Lipinski definition) is 3. The fourth-order valence-corrected chi connectivity index (χ4v) is 4.87. The molecule has 1 heterocycles. The molecule has 2 fully saturated rings. The number of nitrogens with zero attached hydrogens (tertiary/aromatic N) is 2. The van der Waals surface area contributed by atoms with Gasteiger partial charge < -0.3 is 20.4 Å². The van der Waals surface area contributed by atoms with Gasteiger partial charge in [-0.3, -0.25) is 9.59 Å². The van der Waals surface area contributed by atoms with Crippen molar-refractivity contribution in [3.8, 4) is 0 Å². The Hall–Kier alpha value is -2.64. The molecule has 1 saturated carbocycles. The second-order valence-corrected chi connectivity index (χ2v) is 9.71. The first-order chi connectivity index (χ1) is 15.8. The summed E-state index contributed by atoms with van der Waals surface area (Å²) in [6, 6.07) is 4.45. The van der Waals surface area contributed by atoms with E-state index in [9.17, 15) is 18.8 Å². The van der Waals surface area contributed by atoms with E-state index < -0.39 is 17.9 Å². The molecule has 1 aromatic carbocycles. The molecule has 1 saturated heterocycles. The van der Waals surface area contributed by atoms with E-state index in [1.54, 1.807) is 17.0 Å². The lowest BCUT2D eigenvalue weighted by Gasteiger charge is -2.41. The average molecular weight is 461 g/mol. The van der Waals surface area contributed by atoms with Crippen LogP contribution in [0.1, 0.15) is 59.3 Å². The van der Waals surface area contributed by atoms with Crippen molar-refractivity contribution in [2.75, 3.05) is 25.0 Å². The number of piperazine rings is 1. The first-order valence-electron chi connectivity index (χ1n) is 12.2. The molecule has 4 amide bonds. The van der Waals surface area contributed by atoms with Gasteiger partial charge in [-0.25, -0.2) is 9.18 Å². The molecule has 1 aromatic rings. The third kappa shape index (κ3) is 6.68. The number of nitrogens with one attached hydrogen (secondary N) is 2. The quantitative estimate of drug-likeness (QED) is 0.645. The summed E-state index contributed by atoms with van der Waals surface area (Å²) in [5, 5.41) is 5.17. The van der Waals surface area contributed by atoms with Crippen LogP contribution in [0.25, 0.3) is 0 Å². The summed E-state index contributed by atoms with van der Waals surface area (Å²) in [4.78, 5) is 42.0. The van der Waals surface area contributed by atoms with E-state index in [1.807, 2.05) is 25.7 Å². The van der Waals surface area contributed by atoms with Crippen LogP contribution in [-0.2, 0) is 9.59 Å². The van der Waals surface area contributed by atoms with Crippen LogP contribution < -0.4 is 10.6 Å². The highest BCUT2D eigenvalue weighted by Crippen LogP contribution is 2.29. The van der Waals surface area contributed by atoms with Crippen LogP contribution in [0.5, 0.6) is 0 Å². The Bertz CT molecular complexity index is 841. The van der Waals surface area contributed by atoms with Gasteiger partial charge in [-0.15, -0.1) is 0 Å². The molecular weight excluding hydrogens is 423 g/mol. The van der Waals surface area contributed by atoms with E-state index in [-0.39, 0.29) is 29.5 Å². The van der Waals surface area contributed by atoms with Gasteiger partial charge in [0.25, 0.3) is 0 Å². The first-order valence-corrected chi connectivity index (χ1v) is 12.2. The summed E-state index contributed by atoms with van der Waals surface area (Å²) in [5.74, 6) is -0.0174. The van der Waals surface area contributed by atoms with Crippen molar-refractivity contribution in [3.05, 3.63) is 30.1 Å². The predicted octanol–water partition coefficient (Wildman–Crippen LogP) is 4.00. The van der Waals surface area contributed by atoms with Gasteiger partial charge in [0.2, 0.25) is 11.8 Å². The van der Waals surface area contributed by atoms with Crippen molar-refractivity contribution in [1.29, 1.82) is 0 Å². The molecule has 182 valence electrons. The molecule has 8 heteroatoms. The minimum Gasteiger partial charge on any atom is -0.337 e. The summed E-state index contributed by atoms with van der Waals surface area (Å²) in [7, 11) is 0. The highest BCUT2D eigenvalue weighted by molar-refractivity contribution is 5.94. The minimum atomic E-state index is -0.742. The Kier molecular flexibility index (Phi) is 8.69. The zero-order chi connectivity index (χ0) is 24.0. The van der Waals surface area contributed by atoms with Crippen LogP contribution in [0.4, 0.5) is 14.9 Å². The van der Waals surface area contributed by atoms with E-state index in [0.29, 0.717) is 32.0 Å². The maximum absolute atomic E-state index is 13.8. The summed E-state index contributed by atoms with van der Waals surface area (Å²) < 4.78 is 13.8. The number of rotatable bonds is 7. The molecule has 2 unspecified atom stereocenters.